The molecule has 1 aliphatic carbocycles. The average molecular weight is 238 g/mol. The Morgan fingerprint density at radius 3 is 2.76 bits per heavy atom. The smallest absolute Gasteiger partial charge is 0.251 e. The van der Waals surface area contributed by atoms with Crippen LogP contribution in [0.2, 0.25) is 0 Å². The van der Waals surface area contributed by atoms with Crippen LogP contribution < -0.4 is 5.73 Å². The third-order valence-corrected chi connectivity index (χ3v) is 4.61. The Morgan fingerprint density at radius 1 is 1.18 bits per heavy atom. The number of nitrogens with two attached hydrogens (primary N) is 1. The molecule has 1 saturated carbocycles. The largest absolute Gasteiger partial charge is 0.368 e. The zero-order chi connectivity index (χ0) is 11.8. The number of rotatable bonds is 1. The van der Waals surface area contributed by atoms with Gasteiger partial charge in [0.2, 0.25) is 0 Å². The number of carbonyl (C=O) groups is 1. The van der Waals surface area contributed by atoms with Gasteiger partial charge >= 0.3 is 0 Å². The molecule has 3 fully saturated rings. The minimum absolute atomic E-state index is 0.149. The summed E-state index contributed by atoms with van der Waals surface area (Å²) in [4.78, 5) is 14.3. The molecule has 2 saturated heterocycles. The van der Waals surface area contributed by atoms with Crippen molar-refractivity contribution in [2.75, 3.05) is 19.7 Å². The summed E-state index contributed by atoms with van der Waals surface area (Å²) >= 11 is 0. The standard InChI is InChI=1S/C13H22N2O2/c14-11-4-3-9-7-15(8-10(9)6-11)13(16)12-2-1-5-17-12/h9-12H,1-8,14H2/t9-,10+,11?,12?/m1/s1. The van der Waals surface area contributed by atoms with Gasteiger partial charge in [0.25, 0.3) is 5.91 Å². The van der Waals surface area contributed by atoms with Crippen LogP contribution in [-0.2, 0) is 9.53 Å². The second-order valence-corrected chi connectivity index (χ2v) is 5.84. The molecule has 2 aliphatic heterocycles. The third-order valence-electron chi connectivity index (χ3n) is 4.61. The minimum atomic E-state index is -0.149. The van der Waals surface area contributed by atoms with E-state index in [0.29, 0.717) is 17.9 Å². The van der Waals surface area contributed by atoms with Gasteiger partial charge in [0.05, 0.1) is 0 Å². The predicted molar refractivity (Wildman–Crippen MR) is 64.4 cm³/mol. The van der Waals surface area contributed by atoms with E-state index in [-0.39, 0.29) is 12.0 Å². The van der Waals surface area contributed by atoms with E-state index >= 15 is 0 Å². The molecule has 3 aliphatic rings. The second-order valence-electron chi connectivity index (χ2n) is 5.84. The second kappa shape index (κ2) is 4.58. The number of ether oxygens (including phenoxy) is 1. The van der Waals surface area contributed by atoms with Crippen molar-refractivity contribution < 1.29 is 9.53 Å². The highest BCUT2D eigenvalue weighted by Crippen LogP contribution is 2.36. The summed E-state index contributed by atoms with van der Waals surface area (Å²) in [6.45, 7) is 2.61. The number of likely N-dealkylation sites (tertiary alicyclic amines) is 1. The SMILES string of the molecule is NC1CC[C@@H]2CN(C(=O)C3CCCO3)C[C@@H]2C1. The van der Waals surface area contributed by atoms with Gasteiger partial charge in [0.1, 0.15) is 6.10 Å². The summed E-state index contributed by atoms with van der Waals surface area (Å²) in [5, 5.41) is 0. The average Bonchev–Trinajstić information content (AvgIpc) is 2.96. The molecule has 0 radical (unpaired) electrons. The Labute approximate surface area is 102 Å². The summed E-state index contributed by atoms with van der Waals surface area (Å²) in [5.74, 6) is 1.56. The predicted octanol–water partition coefficient (Wildman–Crippen LogP) is 0.751. The Bertz CT molecular complexity index is 302. The highest BCUT2D eigenvalue weighted by atomic mass is 16.5. The highest BCUT2D eigenvalue weighted by Gasteiger charge is 2.40. The van der Waals surface area contributed by atoms with E-state index < -0.39 is 0 Å². The van der Waals surface area contributed by atoms with Crippen molar-refractivity contribution in [2.24, 2.45) is 17.6 Å². The number of hydrogen-bond donors (Lipinski definition) is 1. The first-order chi connectivity index (χ1) is 8.24. The highest BCUT2D eigenvalue weighted by molar-refractivity contribution is 5.81. The van der Waals surface area contributed by atoms with Gasteiger partial charge in [-0.05, 0) is 43.9 Å². The molecule has 0 spiro atoms. The maximum atomic E-state index is 12.2. The zero-order valence-electron chi connectivity index (χ0n) is 10.3. The summed E-state index contributed by atoms with van der Waals surface area (Å²) in [6.07, 6.45) is 5.21. The first kappa shape index (κ1) is 11.5. The molecule has 96 valence electrons. The summed E-state index contributed by atoms with van der Waals surface area (Å²) < 4.78 is 5.49. The quantitative estimate of drug-likeness (QED) is 0.733. The van der Waals surface area contributed by atoms with Gasteiger partial charge in [-0.25, -0.2) is 0 Å². The van der Waals surface area contributed by atoms with Crippen molar-refractivity contribution in [3.63, 3.8) is 0 Å². The summed E-state index contributed by atoms with van der Waals surface area (Å²) in [5.41, 5.74) is 6.01. The van der Waals surface area contributed by atoms with Crippen LogP contribution in [0.4, 0.5) is 0 Å². The fraction of sp³-hybridized carbons (Fsp3) is 0.923. The van der Waals surface area contributed by atoms with Crippen molar-refractivity contribution in [1.82, 2.24) is 4.90 Å². The number of nitrogens with zero attached hydrogens (tertiary/aromatic N) is 1. The fourth-order valence-electron chi connectivity index (χ4n) is 3.62. The third kappa shape index (κ3) is 2.20. The van der Waals surface area contributed by atoms with Crippen molar-refractivity contribution in [3.8, 4) is 0 Å². The van der Waals surface area contributed by atoms with Crippen molar-refractivity contribution >= 4 is 5.91 Å². The van der Waals surface area contributed by atoms with Gasteiger partial charge in [0, 0.05) is 25.7 Å². The minimum Gasteiger partial charge on any atom is -0.368 e. The molecule has 17 heavy (non-hydrogen) atoms. The van der Waals surface area contributed by atoms with Crippen LogP contribution in [0.5, 0.6) is 0 Å². The molecular weight excluding hydrogens is 216 g/mol. The van der Waals surface area contributed by atoms with Crippen LogP contribution in [0, 0.1) is 11.8 Å². The Balaban J connectivity index is 1.61. The lowest BCUT2D eigenvalue weighted by atomic mass is 9.79. The normalized spacial score (nSPS) is 41.6. The van der Waals surface area contributed by atoms with Gasteiger partial charge in [-0.15, -0.1) is 0 Å². The molecular formula is C13H22N2O2. The molecule has 4 heteroatoms. The molecule has 2 heterocycles. The molecule has 1 amide bonds. The maximum Gasteiger partial charge on any atom is 0.251 e. The van der Waals surface area contributed by atoms with Gasteiger partial charge in [-0.3, -0.25) is 4.79 Å². The first-order valence-electron chi connectivity index (χ1n) is 6.90. The molecule has 2 unspecified atom stereocenters. The maximum absolute atomic E-state index is 12.2. The topological polar surface area (TPSA) is 55.6 Å². The van der Waals surface area contributed by atoms with Gasteiger partial charge in [-0.1, -0.05) is 0 Å². The van der Waals surface area contributed by atoms with Crippen LogP contribution in [0.25, 0.3) is 0 Å². The van der Waals surface area contributed by atoms with E-state index in [2.05, 4.69) is 0 Å². The Hall–Kier alpha value is -0.610. The van der Waals surface area contributed by atoms with Crippen LogP contribution >= 0.6 is 0 Å². The molecule has 0 aromatic heterocycles. The lowest BCUT2D eigenvalue weighted by Crippen LogP contribution is -2.37. The molecule has 0 aromatic rings. The van der Waals surface area contributed by atoms with E-state index in [1.165, 1.54) is 6.42 Å². The lowest BCUT2D eigenvalue weighted by Gasteiger charge is -2.27. The van der Waals surface area contributed by atoms with E-state index in [1.54, 1.807) is 0 Å². The van der Waals surface area contributed by atoms with Crippen LogP contribution in [0.15, 0.2) is 0 Å². The number of fused-ring (bicyclic) bond motifs is 1. The lowest BCUT2D eigenvalue weighted by molar-refractivity contribution is -0.140. The molecule has 0 aromatic carbocycles. The fourth-order valence-corrected chi connectivity index (χ4v) is 3.62. The van der Waals surface area contributed by atoms with Gasteiger partial charge in [-0.2, -0.15) is 0 Å². The molecule has 4 atom stereocenters. The Morgan fingerprint density at radius 2 is 2.00 bits per heavy atom. The van der Waals surface area contributed by atoms with E-state index in [9.17, 15) is 4.79 Å². The van der Waals surface area contributed by atoms with E-state index in [1.807, 2.05) is 4.90 Å². The van der Waals surface area contributed by atoms with Gasteiger partial charge < -0.3 is 15.4 Å². The number of carbonyl (C=O) groups excluding carboxylic acids is 1. The van der Waals surface area contributed by atoms with Crippen LogP contribution in [-0.4, -0.2) is 42.6 Å². The van der Waals surface area contributed by atoms with Crippen molar-refractivity contribution in [2.45, 2.75) is 44.2 Å². The van der Waals surface area contributed by atoms with Crippen LogP contribution in [0.3, 0.4) is 0 Å². The van der Waals surface area contributed by atoms with Gasteiger partial charge in [0.15, 0.2) is 0 Å². The van der Waals surface area contributed by atoms with E-state index in [4.69, 9.17) is 10.5 Å². The molecule has 0 bridgehead atoms. The first-order valence-corrected chi connectivity index (χ1v) is 6.90. The van der Waals surface area contributed by atoms with Crippen molar-refractivity contribution in [3.05, 3.63) is 0 Å². The van der Waals surface area contributed by atoms with Crippen molar-refractivity contribution in [1.29, 1.82) is 0 Å². The number of hydrogen-bond acceptors (Lipinski definition) is 3. The van der Waals surface area contributed by atoms with Crippen LogP contribution in [0.1, 0.15) is 32.1 Å². The molecule has 3 rings (SSSR count). The van der Waals surface area contributed by atoms with E-state index in [0.717, 1.165) is 45.4 Å². The zero-order valence-corrected chi connectivity index (χ0v) is 10.3. The Kier molecular flexibility index (Phi) is 3.09. The summed E-state index contributed by atoms with van der Waals surface area (Å²) in [7, 11) is 0. The number of amides is 1. The molecule has 2 N–H and O–H groups in total. The summed E-state index contributed by atoms with van der Waals surface area (Å²) in [6, 6.07) is 0.356. The monoisotopic (exact) mass is 238 g/mol. The molecule has 4 nitrogen and oxygen atoms in total.